The lowest BCUT2D eigenvalue weighted by atomic mass is 10.2. The van der Waals surface area contributed by atoms with Gasteiger partial charge < -0.3 is 5.11 Å². The second-order valence-electron chi connectivity index (χ2n) is 3.22. The molecule has 0 saturated carbocycles. The summed E-state index contributed by atoms with van der Waals surface area (Å²) >= 11 is 0. The van der Waals surface area contributed by atoms with Crippen molar-refractivity contribution in [2.75, 3.05) is 0 Å². The molecule has 0 radical (unpaired) electrons. The summed E-state index contributed by atoms with van der Waals surface area (Å²) in [6.45, 7) is 0. The fourth-order valence-electron chi connectivity index (χ4n) is 1.72. The second-order valence-corrected chi connectivity index (χ2v) is 3.22. The third-order valence-electron chi connectivity index (χ3n) is 2.36. The van der Waals surface area contributed by atoms with Gasteiger partial charge in [-0.05, 0) is 18.2 Å². The van der Waals surface area contributed by atoms with Gasteiger partial charge in [-0.3, -0.25) is 0 Å². The van der Waals surface area contributed by atoms with E-state index in [2.05, 4.69) is 5.10 Å². The Kier molecular flexibility index (Phi) is 1.31. The van der Waals surface area contributed by atoms with E-state index in [1.54, 1.807) is 16.8 Å². The van der Waals surface area contributed by atoms with Crippen LogP contribution in [-0.2, 0) is 0 Å². The third kappa shape index (κ3) is 0.836. The van der Waals surface area contributed by atoms with Crippen LogP contribution in [0.3, 0.4) is 0 Å². The first-order valence-electron chi connectivity index (χ1n) is 4.41. The van der Waals surface area contributed by atoms with Crippen molar-refractivity contribution in [2.45, 2.75) is 0 Å². The van der Waals surface area contributed by atoms with Crippen LogP contribution in [0.1, 0.15) is 0 Å². The number of pyridine rings is 1. The summed E-state index contributed by atoms with van der Waals surface area (Å²) in [4.78, 5) is 0. The van der Waals surface area contributed by atoms with Crippen LogP contribution >= 0.6 is 0 Å². The zero-order valence-corrected chi connectivity index (χ0v) is 7.38. The van der Waals surface area contributed by atoms with Crippen molar-refractivity contribution in [3.05, 3.63) is 42.6 Å². The van der Waals surface area contributed by atoms with Crippen molar-refractivity contribution >= 4 is 16.4 Å². The zero-order valence-electron chi connectivity index (χ0n) is 7.38. The number of hydrogen-bond donors (Lipinski definition) is 1. The average molecular weight is 184 g/mol. The van der Waals surface area contributed by atoms with Crippen molar-refractivity contribution < 1.29 is 5.11 Å². The molecule has 0 bridgehead atoms. The maximum absolute atomic E-state index is 9.73. The molecule has 1 aromatic carbocycles. The number of nitrogens with zero attached hydrogens (tertiary/aromatic N) is 2. The minimum Gasteiger partial charge on any atom is -0.506 e. The van der Waals surface area contributed by atoms with Crippen LogP contribution in [-0.4, -0.2) is 14.7 Å². The highest BCUT2D eigenvalue weighted by molar-refractivity contribution is 5.87. The molecule has 3 aromatic rings. The summed E-state index contributed by atoms with van der Waals surface area (Å²) in [5.41, 5.74) is 1.74. The molecule has 3 heteroatoms. The van der Waals surface area contributed by atoms with E-state index in [1.807, 2.05) is 30.3 Å². The van der Waals surface area contributed by atoms with Gasteiger partial charge in [-0.15, -0.1) is 0 Å². The van der Waals surface area contributed by atoms with Crippen LogP contribution in [0, 0.1) is 0 Å². The largest absolute Gasteiger partial charge is 0.506 e. The number of fused-ring (bicyclic) bond motifs is 3. The number of benzene rings is 1. The lowest BCUT2D eigenvalue weighted by molar-refractivity contribution is 0.479. The molecule has 3 rings (SSSR count). The summed E-state index contributed by atoms with van der Waals surface area (Å²) < 4.78 is 1.74. The molecule has 0 aliphatic carbocycles. The predicted octanol–water partition coefficient (Wildman–Crippen LogP) is 2.19. The first-order valence-corrected chi connectivity index (χ1v) is 4.41. The van der Waals surface area contributed by atoms with E-state index in [0.29, 0.717) is 0 Å². The third-order valence-corrected chi connectivity index (χ3v) is 2.36. The van der Waals surface area contributed by atoms with Crippen LogP contribution in [0.15, 0.2) is 42.6 Å². The van der Waals surface area contributed by atoms with Gasteiger partial charge in [0.1, 0.15) is 11.3 Å². The summed E-state index contributed by atoms with van der Waals surface area (Å²) in [6.07, 6.45) is 1.72. The van der Waals surface area contributed by atoms with Crippen molar-refractivity contribution in [2.24, 2.45) is 0 Å². The van der Waals surface area contributed by atoms with Gasteiger partial charge in [-0.2, -0.15) is 5.10 Å². The number of aromatic hydroxyl groups is 1. The molecule has 1 N–H and O–H groups in total. The van der Waals surface area contributed by atoms with Crippen molar-refractivity contribution in [3.63, 3.8) is 0 Å². The molecule has 14 heavy (non-hydrogen) atoms. The maximum atomic E-state index is 9.73. The van der Waals surface area contributed by atoms with Crippen LogP contribution in [0.4, 0.5) is 0 Å². The van der Waals surface area contributed by atoms with Crippen LogP contribution in [0.25, 0.3) is 16.4 Å². The van der Waals surface area contributed by atoms with Gasteiger partial charge >= 0.3 is 0 Å². The van der Waals surface area contributed by atoms with E-state index in [9.17, 15) is 5.11 Å². The Labute approximate surface area is 80.2 Å². The van der Waals surface area contributed by atoms with E-state index in [-0.39, 0.29) is 5.75 Å². The van der Waals surface area contributed by atoms with E-state index < -0.39 is 0 Å². The SMILES string of the molecule is Oc1cccc2ccc3ccnn3c12. The van der Waals surface area contributed by atoms with Gasteiger partial charge in [-0.1, -0.05) is 18.2 Å². The Hall–Kier alpha value is -2.03. The standard InChI is InChI=1S/C11H8N2O/c14-10-3-1-2-8-4-5-9-6-7-12-13(9)11(8)10/h1-7,14H. The van der Waals surface area contributed by atoms with E-state index >= 15 is 0 Å². The Morgan fingerprint density at radius 3 is 2.93 bits per heavy atom. The van der Waals surface area contributed by atoms with E-state index in [1.165, 1.54) is 0 Å². The highest BCUT2D eigenvalue weighted by Crippen LogP contribution is 2.24. The first-order chi connectivity index (χ1) is 6.86. The Bertz CT molecular complexity index is 613. The number of para-hydroxylation sites is 1. The zero-order chi connectivity index (χ0) is 9.54. The Morgan fingerprint density at radius 2 is 2.00 bits per heavy atom. The quantitative estimate of drug-likeness (QED) is 0.581. The second kappa shape index (κ2) is 2.48. The van der Waals surface area contributed by atoms with Crippen LogP contribution in [0.5, 0.6) is 5.75 Å². The van der Waals surface area contributed by atoms with Crippen molar-refractivity contribution in [1.82, 2.24) is 9.61 Å². The van der Waals surface area contributed by atoms with Crippen molar-refractivity contribution in [1.29, 1.82) is 0 Å². The topological polar surface area (TPSA) is 37.5 Å². The molecule has 2 aromatic heterocycles. The molecule has 0 aliphatic heterocycles. The highest BCUT2D eigenvalue weighted by Gasteiger charge is 2.03. The molecule has 68 valence electrons. The lowest BCUT2D eigenvalue weighted by Gasteiger charge is -2.02. The van der Waals surface area contributed by atoms with Gasteiger partial charge in [0.2, 0.25) is 0 Å². The van der Waals surface area contributed by atoms with Gasteiger partial charge in [0.05, 0.1) is 11.7 Å². The number of aromatic nitrogens is 2. The molecule has 0 spiro atoms. The van der Waals surface area contributed by atoms with Gasteiger partial charge in [0.25, 0.3) is 0 Å². The average Bonchev–Trinajstić information content (AvgIpc) is 2.65. The number of phenolic OH excluding ortho intramolecular Hbond substituents is 1. The summed E-state index contributed by atoms with van der Waals surface area (Å²) in [5.74, 6) is 0.261. The molecular formula is C11H8N2O. The molecule has 0 atom stereocenters. The Balaban J connectivity index is 2.67. The normalized spacial score (nSPS) is 11.1. The van der Waals surface area contributed by atoms with Gasteiger partial charge in [-0.25, -0.2) is 4.52 Å². The first kappa shape index (κ1) is 7.38. The highest BCUT2D eigenvalue weighted by atomic mass is 16.3. The summed E-state index contributed by atoms with van der Waals surface area (Å²) in [5, 5.41) is 14.9. The molecular weight excluding hydrogens is 176 g/mol. The minimum absolute atomic E-state index is 0.261. The molecule has 0 amide bonds. The molecule has 0 saturated heterocycles. The number of phenols is 1. The molecule has 0 unspecified atom stereocenters. The van der Waals surface area contributed by atoms with Crippen LogP contribution in [0.2, 0.25) is 0 Å². The number of hydrogen-bond acceptors (Lipinski definition) is 2. The summed E-state index contributed by atoms with van der Waals surface area (Å²) in [6, 6.07) is 11.3. The van der Waals surface area contributed by atoms with Crippen LogP contribution < -0.4 is 0 Å². The fourth-order valence-corrected chi connectivity index (χ4v) is 1.72. The maximum Gasteiger partial charge on any atom is 0.141 e. The van der Waals surface area contributed by atoms with E-state index in [4.69, 9.17) is 0 Å². The fraction of sp³-hybridized carbons (Fsp3) is 0. The smallest absolute Gasteiger partial charge is 0.141 e. The number of rotatable bonds is 0. The monoisotopic (exact) mass is 184 g/mol. The van der Waals surface area contributed by atoms with E-state index in [0.717, 1.165) is 16.4 Å². The predicted molar refractivity (Wildman–Crippen MR) is 54.4 cm³/mol. The molecule has 0 fully saturated rings. The van der Waals surface area contributed by atoms with Gasteiger partial charge in [0.15, 0.2) is 0 Å². The summed E-state index contributed by atoms with van der Waals surface area (Å²) in [7, 11) is 0. The Morgan fingerprint density at radius 1 is 1.07 bits per heavy atom. The molecule has 3 nitrogen and oxygen atoms in total. The lowest BCUT2D eigenvalue weighted by Crippen LogP contribution is -1.89. The molecule has 0 aliphatic rings. The van der Waals surface area contributed by atoms with Crippen molar-refractivity contribution in [3.8, 4) is 5.75 Å². The molecule has 2 heterocycles. The van der Waals surface area contributed by atoms with Gasteiger partial charge in [0, 0.05) is 5.39 Å². The minimum atomic E-state index is 0.261.